The Labute approximate surface area is 142 Å². The molecular formula is C18H39N3O2. The normalized spacial score (nSPS) is 10.0. The Bertz CT molecular complexity index is 245. The summed E-state index contributed by atoms with van der Waals surface area (Å²) >= 11 is 0. The Kier molecular flexibility index (Phi) is 22.0. The molecule has 2 amide bonds. The summed E-state index contributed by atoms with van der Waals surface area (Å²) in [7, 11) is 0. The maximum absolute atomic E-state index is 10.2. The number of hydrogen-bond acceptors (Lipinski definition) is 3. The van der Waals surface area contributed by atoms with Gasteiger partial charge in [0, 0.05) is 12.8 Å². The molecule has 0 aromatic heterocycles. The van der Waals surface area contributed by atoms with Gasteiger partial charge in [0.1, 0.15) is 0 Å². The lowest BCUT2D eigenvalue weighted by Gasteiger charge is -2.00. The van der Waals surface area contributed by atoms with E-state index in [0.717, 1.165) is 6.54 Å². The van der Waals surface area contributed by atoms with Crippen molar-refractivity contribution in [3.8, 4) is 0 Å². The first-order valence-electron chi connectivity index (χ1n) is 9.31. The van der Waals surface area contributed by atoms with Crippen LogP contribution in [0, 0.1) is 0 Å². The van der Waals surface area contributed by atoms with Crippen LogP contribution in [-0.2, 0) is 9.59 Å². The molecule has 0 saturated carbocycles. The van der Waals surface area contributed by atoms with Gasteiger partial charge >= 0.3 is 0 Å². The van der Waals surface area contributed by atoms with Crippen LogP contribution in [0.15, 0.2) is 0 Å². The third-order valence-corrected chi connectivity index (χ3v) is 3.65. The summed E-state index contributed by atoms with van der Waals surface area (Å²) in [4.78, 5) is 20.3. The Balaban J connectivity index is 0. The molecular weight excluding hydrogens is 290 g/mol. The fourth-order valence-corrected chi connectivity index (χ4v) is 2.23. The lowest BCUT2D eigenvalue weighted by atomic mass is 10.1. The summed E-state index contributed by atoms with van der Waals surface area (Å²) < 4.78 is 0. The molecule has 5 heteroatoms. The molecule has 0 aliphatic carbocycles. The summed E-state index contributed by atoms with van der Waals surface area (Å²) in [5, 5.41) is 0. The minimum atomic E-state index is -0.329. The first kappa shape index (κ1) is 24.2. The van der Waals surface area contributed by atoms with Gasteiger partial charge in [-0.05, 0) is 25.8 Å². The summed E-state index contributed by atoms with van der Waals surface area (Å²) in [6.45, 7) is 3.14. The molecule has 0 fully saturated rings. The van der Waals surface area contributed by atoms with Gasteiger partial charge in [-0.2, -0.15) is 0 Å². The second-order valence-corrected chi connectivity index (χ2v) is 6.11. The van der Waals surface area contributed by atoms with Crippen molar-refractivity contribution in [2.24, 2.45) is 17.2 Å². The first-order chi connectivity index (χ1) is 11.0. The molecule has 0 aliphatic heterocycles. The van der Waals surface area contributed by atoms with Crippen molar-refractivity contribution in [1.82, 2.24) is 0 Å². The maximum Gasteiger partial charge on any atom is 0.217 e. The lowest BCUT2D eigenvalue weighted by molar-refractivity contribution is -0.119. The molecule has 138 valence electrons. The van der Waals surface area contributed by atoms with Crippen molar-refractivity contribution < 1.29 is 9.59 Å². The van der Waals surface area contributed by atoms with Crippen molar-refractivity contribution in [3.05, 3.63) is 0 Å². The SMILES string of the molecule is CCCCCCCCCCCCN.NC(=O)CCCCC(N)=O. The van der Waals surface area contributed by atoms with Crippen LogP contribution in [0.1, 0.15) is 96.8 Å². The van der Waals surface area contributed by atoms with E-state index < -0.39 is 0 Å². The highest BCUT2D eigenvalue weighted by molar-refractivity contribution is 5.74. The molecule has 0 aliphatic rings. The Morgan fingerprint density at radius 2 is 0.957 bits per heavy atom. The molecule has 0 aromatic carbocycles. The number of rotatable bonds is 15. The van der Waals surface area contributed by atoms with Gasteiger partial charge in [0.05, 0.1) is 0 Å². The van der Waals surface area contributed by atoms with E-state index >= 15 is 0 Å². The van der Waals surface area contributed by atoms with Gasteiger partial charge in [0.25, 0.3) is 0 Å². The van der Waals surface area contributed by atoms with Crippen LogP contribution >= 0.6 is 0 Å². The quantitative estimate of drug-likeness (QED) is 0.400. The zero-order chi connectivity index (χ0) is 17.8. The van der Waals surface area contributed by atoms with Crippen LogP contribution in [0.5, 0.6) is 0 Å². The average Bonchev–Trinajstić information content (AvgIpc) is 2.50. The van der Waals surface area contributed by atoms with Crippen molar-refractivity contribution in [2.45, 2.75) is 96.8 Å². The number of amides is 2. The zero-order valence-corrected chi connectivity index (χ0v) is 15.2. The predicted molar refractivity (Wildman–Crippen MR) is 97.8 cm³/mol. The Morgan fingerprint density at radius 3 is 1.26 bits per heavy atom. The topological polar surface area (TPSA) is 112 Å². The summed E-state index contributed by atoms with van der Waals surface area (Å²) in [5.41, 5.74) is 15.1. The highest BCUT2D eigenvalue weighted by atomic mass is 16.1. The van der Waals surface area contributed by atoms with Crippen molar-refractivity contribution in [3.63, 3.8) is 0 Å². The van der Waals surface area contributed by atoms with Crippen LogP contribution in [0.4, 0.5) is 0 Å². The third kappa shape index (κ3) is 29.5. The molecule has 23 heavy (non-hydrogen) atoms. The van der Waals surface area contributed by atoms with Crippen molar-refractivity contribution in [2.75, 3.05) is 6.54 Å². The van der Waals surface area contributed by atoms with Crippen LogP contribution in [-0.4, -0.2) is 18.4 Å². The molecule has 0 heterocycles. The monoisotopic (exact) mass is 329 g/mol. The van der Waals surface area contributed by atoms with Gasteiger partial charge < -0.3 is 17.2 Å². The summed E-state index contributed by atoms with van der Waals surface area (Å²) in [6, 6.07) is 0. The van der Waals surface area contributed by atoms with E-state index in [1.54, 1.807) is 0 Å². The molecule has 0 rings (SSSR count). The number of unbranched alkanes of at least 4 members (excludes halogenated alkanes) is 10. The van der Waals surface area contributed by atoms with Gasteiger partial charge in [-0.25, -0.2) is 0 Å². The molecule has 6 N–H and O–H groups in total. The molecule has 0 unspecified atom stereocenters. The second-order valence-electron chi connectivity index (χ2n) is 6.11. The Hall–Kier alpha value is -1.10. The van der Waals surface area contributed by atoms with Gasteiger partial charge in [-0.1, -0.05) is 64.7 Å². The number of carbonyl (C=O) groups excluding carboxylic acids is 2. The molecule has 0 atom stereocenters. The second kappa shape index (κ2) is 20.9. The van der Waals surface area contributed by atoms with E-state index in [1.165, 1.54) is 64.2 Å². The van der Waals surface area contributed by atoms with E-state index in [0.29, 0.717) is 25.7 Å². The minimum absolute atomic E-state index is 0.329. The zero-order valence-electron chi connectivity index (χ0n) is 15.2. The average molecular weight is 330 g/mol. The molecule has 0 radical (unpaired) electrons. The molecule has 0 bridgehead atoms. The number of hydrogen-bond donors (Lipinski definition) is 3. The van der Waals surface area contributed by atoms with Crippen LogP contribution in [0.3, 0.4) is 0 Å². The predicted octanol–water partition coefficient (Wildman–Crippen LogP) is 3.38. The molecule has 0 aromatic rings. The van der Waals surface area contributed by atoms with E-state index in [1.807, 2.05) is 0 Å². The number of primary amides is 2. The van der Waals surface area contributed by atoms with Gasteiger partial charge in [0.15, 0.2) is 0 Å². The standard InChI is InChI=1S/C12H27N.C6H12N2O2/c1-2-3-4-5-6-7-8-9-10-11-12-13;7-5(9)3-1-2-4-6(8)10/h2-13H2,1H3;1-4H2,(H2,7,9)(H2,8,10). The molecule has 0 saturated heterocycles. The molecule has 5 nitrogen and oxygen atoms in total. The van der Waals surface area contributed by atoms with E-state index in [2.05, 4.69) is 6.92 Å². The van der Waals surface area contributed by atoms with E-state index in [9.17, 15) is 9.59 Å². The highest BCUT2D eigenvalue weighted by Gasteiger charge is 1.96. The largest absolute Gasteiger partial charge is 0.370 e. The van der Waals surface area contributed by atoms with Gasteiger partial charge in [-0.15, -0.1) is 0 Å². The van der Waals surface area contributed by atoms with E-state index in [4.69, 9.17) is 17.2 Å². The molecule has 0 spiro atoms. The number of carbonyl (C=O) groups is 2. The fraction of sp³-hybridized carbons (Fsp3) is 0.889. The van der Waals surface area contributed by atoms with Crippen LogP contribution < -0.4 is 17.2 Å². The summed E-state index contributed by atoms with van der Waals surface area (Å²) in [6.07, 6.45) is 15.9. The minimum Gasteiger partial charge on any atom is -0.370 e. The highest BCUT2D eigenvalue weighted by Crippen LogP contribution is 2.09. The first-order valence-corrected chi connectivity index (χ1v) is 9.31. The Morgan fingerprint density at radius 1 is 0.609 bits per heavy atom. The smallest absolute Gasteiger partial charge is 0.217 e. The van der Waals surface area contributed by atoms with Crippen molar-refractivity contribution in [1.29, 1.82) is 0 Å². The fourth-order valence-electron chi connectivity index (χ4n) is 2.23. The number of nitrogens with two attached hydrogens (primary N) is 3. The van der Waals surface area contributed by atoms with Crippen LogP contribution in [0.25, 0.3) is 0 Å². The third-order valence-electron chi connectivity index (χ3n) is 3.65. The lowest BCUT2D eigenvalue weighted by Crippen LogP contribution is -2.12. The van der Waals surface area contributed by atoms with Crippen LogP contribution in [0.2, 0.25) is 0 Å². The van der Waals surface area contributed by atoms with Gasteiger partial charge in [0.2, 0.25) is 11.8 Å². The van der Waals surface area contributed by atoms with Crippen molar-refractivity contribution >= 4 is 11.8 Å². The maximum atomic E-state index is 10.2. The van der Waals surface area contributed by atoms with E-state index in [-0.39, 0.29) is 11.8 Å². The van der Waals surface area contributed by atoms with Gasteiger partial charge in [-0.3, -0.25) is 9.59 Å². The summed E-state index contributed by atoms with van der Waals surface area (Å²) in [5.74, 6) is -0.658.